The standard InChI is InChI=1S/C13H14BrNO3/c1-13(2,3)18-12(17)15-7-11(16)9-5-4-8(14)6-10(9)15/h4-6H,7H2,1-3H3. The second kappa shape index (κ2) is 4.39. The lowest BCUT2D eigenvalue weighted by atomic mass is 10.1. The molecule has 1 aromatic rings. The van der Waals surface area contributed by atoms with Crippen molar-refractivity contribution in [3.05, 3.63) is 28.2 Å². The number of anilines is 1. The van der Waals surface area contributed by atoms with Crippen molar-refractivity contribution in [3.63, 3.8) is 0 Å². The first-order valence-electron chi connectivity index (χ1n) is 5.61. The molecule has 1 aliphatic heterocycles. The van der Waals surface area contributed by atoms with Gasteiger partial charge in [0.15, 0.2) is 5.78 Å². The van der Waals surface area contributed by atoms with Gasteiger partial charge in [-0.3, -0.25) is 9.69 Å². The molecule has 0 fully saturated rings. The molecule has 1 aromatic carbocycles. The van der Waals surface area contributed by atoms with E-state index in [4.69, 9.17) is 4.74 Å². The van der Waals surface area contributed by atoms with Crippen molar-refractivity contribution >= 4 is 33.5 Å². The largest absolute Gasteiger partial charge is 0.443 e. The second-order valence-electron chi connectivity index (χ2n) is 5.15. The van der Waals surface area contributed by atoms with Crippen molar-refractivity contribution in [1.82, 2.24) is 0 Å². The number of benzene rings is 1. The Bertz CT molecular complexity index is 519. The third-order valence-corrected chi connectivity index (χ3v) is 2.96. The zero-order chi connectivity index (χ0) is 13.5. The molecule has 0 aliphatic carbocycles. The highest BCUT2D eigenvalue weighted by Crippen LogP contribution is 2.31. The molecule has 0 radical (unpaired) electrons. The minimum absolute atomic E-state index is 0.0424. The molecule has 0 N–H and O–H groups in total. The van der Waals surface area contributed by atoms with Crippen LogP contribution >= 0.6 is 15.9 Å². The monoisotopic (exact) mass is 311 g/mol. The normalized spacial score (nSPS) is 14.7. The summed E-state index contributed by atoms with van der Waals surface area (Å²) in [7, 11) is 0. The van der Waals surface area contributed by atoms with E-state index in [9.17, 15) is 9.59 Å². The fourth-order valence-corrected chi connectivity index (χ4v) is 2.11. The SMILES string of the molecule is CC(C)(C)OC(=O)N1CC(=O)c2ccc(Br)cc21. The first kappa shape index (κ1) is 13.1. The first-order valence-corrected chi connectivity index (χ1v) is 6.40. The molecule has 0 spiro atoms. The lowest BCUT2D eigenvalue weighted by Crippen LogP contribution is -2.36. The maximum Gasteiger partial charge on any atom is 0.415 e. The fraction of sp³-hybridized carbons (Fsp3) is 0.385. The molecule has 18 heavy (non-hydrogen) atoms. The van der Waals surface area contributed by atoms with E-state index in [1.807, 2.05) is 0 Å². The number of ether oxygens (including phenoxy) is 1. The molecule has 4 nitrogen and oxygen atoms in total. The van der Waals surface area contributed by atoms with E-state index in [-0.39, 0.29) is 12.3 Å². The second-order valence-corrected chi connectivity index (χ2v) is 6.07. The van der Waals surface area contributed by atoms with Gasteiger partial charge in [0.2, 0.25) is 0 Å². The van der Waals surface area contributed by atoms with E-state index in [0.717, 1.165) is 4.47 Å². The Morgan fingerprint density at radius 1 is 1.39 bits per heavy atom. The topological polar surface area (TPSA) is 46.6 Å². The van der Waals surface area contributed by atoms with Crippen LogP contribution in [0.25, 0.3) is 0 Å². The molecule has 1 heterocycles. The van der Waals surface area contributed by atoms with Gasteiger partial charge in [-0.25, -0.2) is 4.79 Å². The quantitative estimate of drug-likeness (QED) is 0.738. The predicted molar refractivity (Wildman–Crippen MR) is 72.1 cm³/mol. The number of Topliss-reactive ketones (excluding diaryl/α,β-unsaturated/α-hetero) is 1. The summed E-state index contributed by atoms with van der Waals surface area (Å²) in [5, 5.41) is 0. The summed E-state index contributed by atoms with van der Waals surface area (Å²) < 4.78 is 6.11. The van der Waals surface area contributed by atoms with Gasteiger partial charge in [0, 0.05) is 10.0 Å². The number of carbonyl (C=O) groups excluding carboxylic acids is 2. The van der Waals surface area contributed by atoms with Gasteiger partial charge >= 0.3 is 6.09 Å². The van der Waals surface area contributed by atoms with Gasteiger partial charge in [-0.05, 0) is 39.0 Å². The van der Waals surface area contributed by atoms with Gasteiger partial charge in [0.25, 0.3) is 0 Å². The summed E-state index contributed by atoms with van der Waals surface area (Å²) in [6, 6.07) is 5.26. The lowest BCUT2D eigenvalue weighted by molar-refractivity contribution is 0.0579. The van der Waals surface area contributed by atoms with Gasteiger partial charge < -0.3 is 4.74 Å². The molecule has 0 atom stereocenters. The molecular weight excluding hydrogens is 298 g/mol. The summed E-state index contributed by atoms with van der Waals surface area (Å²) in [5.41, 5.74) is 0.585. The highest BCUT2D eigenvalue weighted by Gasteiger charge is 2.33. The van der Waals surface area contributed by atoms with E-state index in [0.29, 0.717) is 11.3 Å². The van der Waals surface area contributed by atoms with Crippen LogP contribution in [0.15, 0.2) is 22.7 Å². The van der Waals surface area contributed by atoms with Crippen LogP contribution in [0.1, 0.15) is 31.1 Å². The van der Waals surface area contributed by atoms with Crippen LogP contribution in [0, 0.1) is 0 Å². The van der Waals surface area contributed by atoms with Gasteiger partial charge in [-0.1, -0.05) is 15.9 Å². The van der Waals surface area contributed by atoms with E-state index in [2.05, 4.69) is 15.9 Å². The Kier molecular flexibility index (Phi) is 3.19. The minimum Gasteiger partial charge on any atom is -0.443 e. The number of ketones is 1. The van der Waals surface area contributed by atoms with Crippen molar-refractivity contribution < 1.29 is 14.3 Å². The molecule has 96 valence electrons. The van der Waals surface area contributed by atoms with Crippen molar-refractivity contribution in [3.8, 4) is 0 Å². The van der Waals surface area contributed by atoms with Crippen LogP contribution in [0.2, 0.25) is 0 Å². The number of hydrogen-bond acceptors (Lipinski definition) is 3. The number of carbonyl (C=O) groups is 2. The first-order chi connectivity index (χ1) is 8.28. The van der Waals surface area contributed by atoms with Crippen molar-refractivity contribution in [2.75, 3.05) is 11.4 Å². The number of nitrogens with zero attached hydrogens (tertiary/aromatic N) is 1. The van der Waals surface area contributed by atoms with Crippen LogP contribution in [-0.2, 0) is 4.74 Å². The average molecular weight is 312 g/mol. The van der Waals surface area contributed by atoms with Gasteiger partial charge in [0.05, 0.1) is 12.2 Å². The Balaban J connectivity index is 2.31. The maximum absolute atomic E-state index is 12.0. The van der Waals surface area contributed by atoms with Crippen molar-refractivity contribution in [1.29, 1.82) is 0 Å². The van der Waals surface area contributed by atoms with Crippen molar-refractivity contribution in [2.45, 2.75) is 26.4 Å². The molecule has 5 heteroatoms. The highest BCUT2D eigenvalue weighted by atomic mass is 79.9. The lowest BCUT2D eigenvalue weighted by Gasteiger charge is -2.24. The Labute approximate surface area is 114 Å². The molecule has 0 bridgehead atoms. The van der Waals surface area contributed by atoms with Crippen LogP contribution in [0.4, 0.5) is 10.5 Å². The molecule has 0 saturated carbocycles. The molecule has 2 rings (SSSR count). The summed E-state index contributed by atoms with van der Waals surface area (Å²) in [6.45, 7) is 5.43. The minimum atomic E-state index is -0.575. The van der Waals surface area contributed by atoms with Gasteiger partial charge in [-0.15, -0.1) is 0 Å². The van der Waals surface area contributed by atoms with E-state index >= 15 is 0 Å². The van der Waals surface area contributed by atoms with E-state index in [1.165, 1.54) is 4.90 Å². The van der Waals surface area contributed by atoms with Gasteiger partial charge in [0.1, 0.15) is 5.60 Å². The predicted octanol–water partition coefficient (Wildman–Crippen LogP) is 3.39. The number of rotatable bonds is 0. The number of halogens is 1. The molecule has 0 unspecified atom stereocenters. The summed E-state index contributed by atoms with van der Waals surface area (Å²) in [6.07, 6.45) is -0.493. The third-order valence-electron chi connectivity index (χ3n) is 2.47. The summed E-state index contributed by atoms with van der Waals surface area (Å²) in [5.74, 6) is -0.0663. The molecule has 1 amide bonds. The molecule has 0 saturated heterocycles. The zero-order valence-electron chi connectivity index (χ0n) is 10.5. The maximum atomic E-state index is 12.0. The van der Waals surface area contributed by atoms with Gasteiger partial charge in [-0.2, -0.15) is 0 Å². The number of fused-ring (bicyclic) bond motifs is 1. The third kappa shape index (κ3) is 2.56. The molecule has 1 aliphatic rings. The van der Waals surface area contributed by atoms with Crippen LogP contribution < -0.4 is 4.90 Å². The zero-order valence-corrected chi connectivity index (χ0v) is 12.1. The highest BCUT2D eigenvalue weighted by molar-refractivity contribution is 9.10. The Morgan fingerprint density at radius 3 is 2.67 bits per heavy atom. The average Bonchev–Trinajstić information content (AvgIpc) is 2.53. The van der Waals surface area contributed by atoms with Crippen molar-refractivity contribution in [2.24, 2.45) is 0 Å². The van der Waals surface area contributed by atoms with E-state index < -0.39 is 11.7 Å². The van der Waals surface area contributed by atoms with E-state index in [1.54, 1.807) is 39.0 Å². The number of hydrogen-bond donors (Lipinski definition) is 0. The van der Waals surface area contributed by atoms with Crippen LogP contribution in [0.5, 0.6) is 0 Å². The number of amides is 1. The Hall–Kier alpha value is -1.36. The fourth-order valence-electron chi connectivity index (χ4n) is 1.76. The summed E-state index contributed by atoms with van der Waals surface area (Å²) >= 11 is 3.33. The Morgan fingerprint density at radius 2 is 2.06 bits per heavy atom. The molecule has 0 aromatic heterocycles. The molecular formula is C13H14BrNO3. The van der Waals surface area contributed by atoms with Crippen LogP contribution in [0.3, 0.4) is 0 Å². The summed E-state index contributed by atoms with van der Waals surface area (Å²) in [4.78, 5) is 25.2. The van der Waals surface area contributed by atoms with Crippen LogP contribution in [-0.4, -0.2) is 24.0 Å². The smallest absolute Gasteiger partial charge is 0.415 e.